The first-order valence-corrected chi connectivity index (χ1v) is 12.7. The van der Waals surface area contributed by atoms with Gasteiger partial charge in [-0.3, -0.25) is 0 Å². The van der Waals surface area contributed by atoms with Gasteiger partial charge < -0.3 is 9.47 Å². The Hall–Kier alpha value is 0.280. The molecular weight excluding hydrogens is 616 g/mol. The lowest BCUT2D eigenvalue weighted by molar-refractivity contribution is -0.203. The van der Waals surface area contributed by atoms with Crippen molar-refractivity contribution in [1.29, 1.82) is 0 Å². The summed E-state index contributed by atoms with van der Waals surface area (Å²) >= 11 is 14.6. The standard InChI is InChI=1S/C22H24Br4O2/c23-21(24)17-27-20(22(25,26)28-21,15-7-13-18-9-3-1-4-10-18)16-8-14-19-11-5-2-6-12-19/h1-6,9-12H,7-8,13-17H2. The van der Waals surface area contributed by atoms with Crippen LogP contribution in [0.3, 0.4) is 0 Å². The van der Waals surface area contributed by atoms with Gasteiger partial charge in [0, 0.05) is 0 Å². The molecule has 1 aliphatic rings. The second-order valence-corrected chi connectivity index (χ2v) is 14.1. The maximum absolute atomic E-state index is 6.46. The van der Waals surface area contributed by atoms with Gasteiger partial charge in [0.15, 0.2) is 0 Å². The van der Waals surface area contributed by atoms with Gasteiger partial charge in [-0.2, -0.15) is 0 Å². The zero-order valence-electron chi connectivity index (χ0n) is 15.6. The van der Waals surface area contributed by atoms with Crippen molar-refractivity contribution < 1.29 is 9.47 Å². The molecule has 0 aliphatic carbocycles. The van der Waals surface area contributed by atoms with Gasteiger partial charge >= 0.3 is 0 Å². The van der Waals surface area contributed by atoms with E-state index in [1.807, 2.05) is 0 Å². The Morgan fingerprint density at radius 2 is 1.18 bits per heavy atom. The maximum Gasteiger partial charge on any atom is 0.209 e. The van der Waals surface area contributed by atoms with Crippen LogP contribution in [0, 0.1) is 0 Å². The van der Waals surface area contributed by atoms with Crippen molar-refractivity contribution in [3.8, 4) is 0 Å². The van der Waals surface area contributed by atoms with E-state index in [4.69, 9.17) is 9.47 Å². The molecule has 152 valence electrons. The van der Waals surface area contributed by atoms with Gasteiger partial charge in [0.05, 0.1) is 6.61 Å². The molecule has 0 radical (unpaired) electrons. The highest BCUT2D eigenvalue weighted by Crippen LogP contribution is 2.55. The van der Waals surface area contributed by atoms with Gasteiger partial charge in [-0.1, -0.05) is 60.7 Å². The first-order valence-electron chi connectivity index (χ1n) is 9.50. The number of benzene rings is 2. The Labute approximate surface area is 201 Å². The third kappa shape index (κ3) is 6.14. The molecule has 2 nitrogen and oxygen atoms in total. The Balaban J connectivity index is 1.68. The molecule has 0 bridgehead atoms. The fourth-order valence-electron chi connectivity index (χ4n) is 3.62. The van der Waals surface area contributed by atoms with E-state index in [1.54, 1.807) is 0 Å². The summed E-state index contributed by atoms with van der Waals surface area (Å²) in [4.78, 5) is 0. The molecule has 1 heterocycles. The molecule has 1 saturated heterocycles. The molecule has 0 unspecified atom stereocenters. The third-order valence-electron chi connectivity index (χ3n) is 5.10. The SMILES string of the molecule is BrC1(Br)COC(CCCc2ccccc2)(CCCc2ccccc2)C(Br)(Br)O1. The number of ether oxygens (including phenoxy) is 2. The number of rotatable bonds is 8. The van der Waals surface area contributed by atoms with Crippen molar-refractivity contribution in [1.82, 2.24) is 0 Å². The molecule has 3 rings (SSSR count). The second-order valence-electron chi connectivity index (χ2n) is 7.22. The molecule has 0 atom stereocenters. The van der Waals surface area contributed by atoms with Crippen molar-refractivity contribution in [3.63, 3.8) is 0 Å². The summed E-state index contributed by atoms with van der Waals surface area (Å²) in [5.41, 5.74) is 2.24. The fourth-order valence-corrected chi connectivity index (χ4v) is 6.78. The minimum absolute atomic E-state index is 0.433. The minimum Gasteiger partial charge on any atom is -0.365 e. The molecule has 0 spiro atoms. The average Bonchev–Trinajstić information content (AvgIpc) is 2.66. The van der Waals surface area contributed by atoms with E-state index >= 15 is 0 Å². The Kier molecular flexibility index (Phi) is 8.25. The van der Waals surface area contributed by atoms with Crippen LogP contribution in [0.5, 0.6) is 0 Å². The van der Waals surface area contributed by atoms with Crippen LogP contribution in [0.25, 0.3) is 0 Å². The number of alkyl halides is 4. The topological polar surface area (TPSA) is 18.5 Å². The van der Waals surface area contributed by atoms with E-state index in [1.165, 1.54) is 11.1 Å². The molecule has 0 N–H and O–H groups in total. The summed E-state index contributed by atoms with van der Waals surface area (Å²) in [6.07, 6.45) is 5.87. The van der Waals surface area contributed by atoms with E-state index in [9.17, 15) is 0 Å². The van der Waals surface area contributed by atoms with Crippen LogP contribution in [-0.2, 0) is 22.3 Å². The first-order chi connectivity index (χ1) is 13.3. The van der Waals surface area contributed by atoms with Crippen LogP contribution in [-0.4, -0.2) is 19.0 Å². The van der Waals surface area contributed by atoms with Crippen LogP contribution >= 0.6 is 63.7 Å². The normalized spacial score (nSPS) is 20.0. The predicted octanol–water partition coefficient (Wildman–Crippen LogP) is 7.71. The number of halogens is 4. The lowest BCUT2D eigenvalue weighted by atomic mass is 9.88. The molecule has 2 aromatic rings. The fraction of sp³-hybridized carbons (Fsp3) is 0.455. The van der Waals surface area contributed by atoms with Crippen molar-refractivity contribution in [2.75, 3.05) is 6.61 Å². The van der Waals surface area contributed by atoms with Crippen LogP contribution in [0.4, 0.5) is 0 Å². The maximum atomic E-state index is 6.46. The van der Waals surface area contributed by atoms with Gasteiger partial charge in [0.2, 0.25) is 6.84 Å². The number of aryl methyl sites for hydroxylation is 2. The van der Waals surface area contributed by atoms with Gasteiger partial charge in [0.1, 0.15) is 5.60 Å². The molecular formula is C22H24Br4O2. The summed E-state index contributed by atoms with van der Waals surface area (Å²) in [7, 11) is 0. The molecule has 0 aromatic heterocycles. The highest BCUT2D eigenvalue weighted by atomic mass is 79.9. The molecule has 28 heavy (non-hydrogen) atoms. The lowest BCUT2D eigenvalue weighted by Gasteiger charge is -2.50. The van der Waals surface area contributed by atoms with Crippen molar-refractivity contribution in [2.45, 2.75) is 51.0 Å². The zero-order valence-corrected chi connectivity index (χ0v) is 21.9. The molecule has 1 aliphatic heterocycles. The Morgan fingerprint density at radius 3 is 1.61 bits per heavy atom. The van der Waals surface area contributed by atoms with Gasteiger partial charge in [-0.05, 0) is 113 Å². The minimum atomic E-state index is -0.772. The monoisotopic (exact) mass is 636 g/mol. The van der Waals surface area contributed by atoms with Crippen molar-refractivity contribution in [3.05, 3.63) is 71.8 Å². The smallest absolute Gasteiger partial charge is 0.209 e. The Bertz CT molecular complexity index is 689. The lowest BCUT2D eigenvalue weighted by Crippen LogP contribution is -2.58. The summed E-state index contributed by atoms with van der Waals surface area (Å²) in [5, 5.41) is 0. The van der Waals surface area contributed by atoms with Crippen molar-refractivity contribution >= 4 is 63.7 Å². The van der Waals surface area contributed by atoms with E-state index in [2.05, 4.69) is 124 Å². The van der Waals surface area contributed by atoms with E-state index < -0.39 is 12.4 Å². The Morgan fingerprint density at radius 1 is 0.714 bits per heavy atom. The van der Waals surface area contributed by atoms with E-state index in [0.717, 1.165) is 38.5 Å². The van der Waals surface area contributed by atoms with Gasteiger partial charge in [-0.25, -0.2) is 0 Å². The van der Waals surface area contributed by atoms with E-state index in [0.29, 0.717) is 6.61 Å². The summed E-state index contributed by atoms with van der Waals surface area (Å²) in [6, 6.07) is 21.2. The molecule has 6 heteroatoms. The highest BCUT2D eigenvalue weighted by molar-refractivity contribution is 9.26. The van der Waals surface area contributed by atoms with Crippen LogP contribution in [0.2, 0.25) is 0 Å². The summed E-state index contributed by atoms with van der Waals surface area (Å²) in [6.45, 7) is 0.433. The van der Waals surface area contributed by atoms with Crippen LogP contribution in [0.15, 0.2) is 60.7 Å². The number of hydrogen-bond donors (Lipinski definition) is 0. The van der Waals surface area contributed by atoms with Crippen molar-refractivity contribution in [2.24, 2.45) is 0 Å². The molecule has 1 fully saturated rings. The van der Waals surface area contributed by atoms with E-state index in [-0.39, 0.29) is 0 Å². The van der Waals surface area contributed by atoms with Crippen LogP contribution in [0.1, 0.15) is 36.8 Å². The third-order valence-corrected chi connectivity index (χ3v) is 7.65. The molecule has 0 amide bonds. The van der Waals surface area contributed by atoms with Crippen LogP contribution < -0.4 is 0 Å². The molecule has 2 aromatic carbocycles. The van der Waals surface area contributed by atoms with Gasteiger partial charge in [-0.15, -0.1) is 0 Å². The average molecular weight is 640 g/mol. The van der Waals surface area contributed by atoms with Gasteiger partial charge in [0.25, 0.3) is 0 Å². The predicted molar refractivity (Wildman–Crippen MR) is 130 cm³/mol. The largest absolute Gasteiger partial charge is 0.365 e. The summed E-state index contributed by atoms with van der Waals surface area (Å²) in [5.74, 6) is 0. The second kappa shape index (κ2) is 10.1. The molecule has 0 saturated carbocycles. The first kappa shape index (κ1) is 23.0. The number of hydrogen-bond acceptors (Lipinski definition) is 2. The summed E-state index contributed by atoms with van der Waals surface area (Å²) < 4.78 is 11.2. The quantitative estimate of drug-likeness (QED) is 0.276. The highest BCUT2D eigenvalue weighted by Gasteiger charge is 2.57. The zero-order chi connectivity index (χ0) is 20.1.